The number of rotatable bonds is 6. The number of halogens is 1. The van der Waals surface area contributed by atoms with Crippen molar-refractivity contribution in [3.63, 3.8) is 0 Å². The summed E-state index contributed by atoms with van der Waals surface area (Å²) < 4.78 is 25.5. The number of H-pyrrole nitrogens is 1. The SMILES string of the molecule is O=C(Cc1ccsc1S(=O)(=O)c1ccc(Cl)cc1)C(=O)c1nn[nH]n1. The van der Waals surface area contributed by atoms with Crippen LogP contribution in [-0.2, 0) is 21.1 Å². The van der Waals surface area contributed by atoms with Crippen molar-refractivity contribution in [2.45, 2.75) is 15.5 Å². The average Bonchev–Trinajstić information content (AvgIpc) is 3.26. The predicted octanol–water partition coefficient (Wildman–Crippen LogP) is 1.74. The van der Waals surface area contributed by atoms with E-state index in [1.54, 1.807) is 5.38 Å². The van der Waals surface area contributed by atoms with Crippen molar-refractivity contribution >= 4 is 44.3 Å². The summed E-state index contributed by atoms with van der Waals surface area (Å²) >= 11 is 6.75. The minimum Gasteiger partial charge on any atom is -0.290 e. The molecule has 0 atom stereocenters. The average molecular weight is 397 g/mol. The summed E-state index contributed by atoms with van der Waals surface area (Å²) in [6.45, 7) is 0. The Bertz CT molecular complexity index is 1030. The van der Waals surface area contributed by atoms with Crippen LogP contribution in [0, 0.1) is 0 Å². The molecule has 1 aromatic carbocycles. The topological polar surface area (TPSA) is 123 Å². The van der Waals surface area contributed by atoms with Gasteiger partial charge in [0.2, 0.25) is 21.4 Å². The normalized spacial score (nSPS) is 11.4. The van der Waals surface area contributed by atoms with Crippen LogP contribution in [-0.4, -0.2) is 40.6 Å². The van der Waals surface area contributed by atoms with Gasteiger partial charge in [0.05, 0.1) is 4.90 Å². The van der Waals surface area contributed by atoms with E-state index >= 15 is 0 Å². The maximum atomic E-state index is 12.7. The zero-order valence-electron chi connectivity index (χ0n) is 12.3. The van der Waals surface area contributed by atoms with Gasteiger partial charge in [-0.15, -0.1) is 21.5 Å². The first-order chi connectivity index (χ1) is 11.9. The lowest BCUT2D eigenvalue weighted by Crippen LogP contribution is -2.19. The van der Waals surface area contributed by atoms with Crippen molar-refractivity contribution in [1.82, 2.24) is 20.6 Å². The van der Waals surface area contributed by atoms with Gasteiger partial charge in [-0.05, 0) is 46.5 Å². The van der Waals surface area contributed by atoms with Gasteiger partial charge < -0.3 is 0 Å². The highest BCUT2D eigenvalue weighted by atomic mass is 35.5. The summed E-state index contributed by atoms with van der Waals surface area (Å²) in [6, 6.07) is 7.19. The lowest BCUT2D eigenvalue weighted by Gasteiger charge is -2.05. The number of carbonyl (C=O) groups excluding carboxylic acids is 2. The van der Waals surface area contributed by atoms with Gasteiger partial charge in [-0.25, -0.2) is 8.42 Å². The number of hydrogen-bond acceptors (Lipinski definition) is 8. The number of tetrazole rings is 1. The molecule has 0 unspecified atom stereocenters. The molecule has 11 heteroatoms. The van der Waals surface area contributed by atoms with Crippen LogP contribution in [0.2, 0.25) is 5.02 Å². The molecule has 0 radical (unpaired) electrons. The number of carbonyl (C=O) groups is 2. The summed E-state index contributed by atoms with van der Waals surface area (Å²) in [5.74, 6) is -2.12. The van der Waals surface area contributed by atoms with E-state index in [9.17, 15) is 18.0 Å². The number of thiophene rings is 1. The maximum Gasteiger partial charge on any atom is 0.269 e. The summed E-state index contributed by atoms with van der Waals surface area (Å²) in [5.41, 5.74) is 0.238. The zero-order valence-corrected chi connectivity index (χ0v) is 14.7. The van der Waals surface area contributed by atoms with Crippen molar-refractivity contribution in [1.29, 1.82) is 0 Å². The fraction of sp³-hybridized carbons (Fsp3) is 0.0714. The number of benzene rings is 1. The number of aromatic nitrogens is 4. The molecule has 2 aromatic heterocycles. The second-order valence-electron chi connectivity index (χ2n) is 4.86. The molecule has 0 fully saturated rings. The number of hydrogen-bond donors (Lipinski definition) is 1. The molecule has 3 rings (SSSR count). The number of sulfone groups is 1. The molecule has 2 heterocycles. The fourth-order valence-corrected chi connectivity index (χ4v) is 4.97. The maximum absolute atomic E-state index is 12.7. The van der Waals surface area contributed by atoms with Gasteiger partial charge in [-0.3, -0.25) is 9.59 Å². The van der Waals surface area contributed by atoms with E-state index in [0.717, 1.165) is 11.3 Å². The Morgan fingerprint density at radius 2 is 1.88 bits per heavy atom. The van der Waals surface area contributed by atoms with E-state index in [2.05, 4.69) is 20.6 Å². The summed E-state index contributed by atoms with van der Waals surface area (Å²) in [4.78, 5) is 24.0. The van der Waals surface area contributed by atoms with Gasteiger partial charge in [0, 0.05) is 11.4 Å². The summed E-state index contributed by atoms with van der Waals surface area (Å²) in [7, 11) is -3.82. The molecule has 0 aliphatic rings. The molecular weight excluding hydrogens is 388 g/mol. The van der Waals surface area contributed by atoms with E-state index in [0.29, 0.717) is 5.02 Å². The molecule has 0 spiro atoms. The summed E-state index contributed by atoms with van der Waals surface area (Å²) in [6.07, 6.45) is -0.376. The van der Waals surface area contributed by atoms with Crippen molar-refractivity contribution in [2.24, 2.45) is 0 Å². The third kappa shape index (κ3) is 3.50. The monoisotopic (exact) mass is 396 g/mol. The van der Waals surface area contributed by atoms with Crippen LogP contribution in [0.25, 0.3) is 0 Å². The second kappa shape index (κ2) is 6.82. The summed E-state index contributed by atoms with van der Waals surface area (Å²) in [5, 5.41) is 14.1. The molecule has 3 aromatic rings. The fourth-order valence-electron chi connectivity index (χ4n) is 2.05. The highest BCUT2D eigenvalue weighted by Gasteiger charge is 2.27. The van der Waals surface area contributed by atoms with Gasteiger partial charge in [0.15, 0.2) is 0 Å². The third-order valence-electron chi connectivity index (χ3n) is 3.23. The minimum atomic E-state index is -3.82. The minimum absolute atomic E-state index is 0.00378. The van der Waals surface area contributed by atoms with Crippen molar-refractivity contribution in [3.05, 3.63) is 52.1 Å². The number of aromatic amines is 1. The number of nitrogens with one attached hydrogen (secondary N) is 1. The number of nitrogens with zero attached hydrogens (tertiary/aromatic N) is 3. The second-order valence-corrected chi connectivity index (χ2v) is 8.35. The van der Waals surface area contributed by atoms with E-state index in [-0.39, 0.29) is 26.9 Å². The number of Topliss-reactive ketones (excluding diaryl/α,β-unsaturated/α-hetero) is 2. The van der Waals surface area contributed by atoms with Gasteiger partial charge in [-0.1, -0.05) is 11.6 Å². The third-order valence-corrected chi connectivity index (χ3v) is 6.82. The van der Waals surface area contributed by atoms with Crippen LogP contribution >= 0.6 is 22.9 Å². The van der Waals surface area contributed by atoms with Gasteiger partial charge in [0.1, 0.15) is 4.21 Å². The molecule has 128 valence electrons. The molecule has 0 amide bonds. The Kier molecular flexibility index (Phi) is 4.75. The molecule has 0 saturated heterocycles. The quantitative estimate of drug-likeness (QED) is 0.497. The van der Waals surface area contributed by atoms with Crippen LogP contribution < -0.4 is 0 Å². The Balaban J connectivity index is 1.89. The Morgan fingerprint density at radius 1 is 1.16 bits per heavy atom. The van der Waals surface area contributed by atoms with Crippen LogP contribution in [0.1, 0.15) is 16.2 Å². The molecule has 0 saturated carbocycles. The van der Waals surface area contributed by atoms with Gasteiger partial charge in [0.25, 0.3) is 5.78 Å². The van der Waals surface area contributed by atoms with E-state index < -0.39 is 21.4 Å². The van der Waals surface area contributed by atoms with E-state index in [1.165, 1.54) is 30.3 Å². The van der Waals surface area contributed by atoms with Crippen molar-refractivity contribution in [2.75, 3.05) is 0 Å². The molecule has 1 N–H and O–H groups in total. The van der Waals surface area contributed by atoms with E-state index in [1.807, 2.05) is 0 Å². The zero-order chi connectivity index (χ0) is 18.0. The van der Waals surface area contributed by atoms with Gasteiger partial charge >= 0.3 is 0 Å². The molecule has 25 heavy (non-hydrogen) atoms. The van der Waals surface area contributed by atoms with Crippen LogP contribution in [0.15, 0.2) is 44.8 Å². The van der Waals surface area contributed by atoms with Crippen LogP contribution in [0.4, 0.5) is 0 Å². The van der Waals surface area contributed by atoms with Crippen LogP contribution in [0.3, 0.4) is 0 Å². The first kappa shape index (κ1) is 17.4. The molecular formula is C14H9ClN4O4S2. The highest BCUT2D eigenvalue weighted by molar-refractivity contribution is 7.93. The first-order valence-corrected chi connectivity index (χ1v) is 9.51. The predicted molar refractivity (Wildman–Crippen MR) is 88.4 cm³/mol. The number of ketones is 2. The largest absolute Gasteiger partial charge is 0.290 e. The highest BCUT2D eigenvalue weighted by Crippen LogP contribution is 2.30. The van der Waals surface area contributed by atoms with E-state index in [4.69, 9.17) is 11.6 Å². The van der Waals surface area contributed by atoms with Gasteiger partial charge in [-0.2, -0.15) is 5.21 Å². The standard InChI is InChI=1S/C14H9ClN4O4S2/c15-9-1-3-10(4-2-9)25(22,23)14-8(5-6-24-14)7-11(20)12(21)13-16-18-19-17-13/h1-6H,7H2,(H,16,17,18,19). The lowest BCUT2D eigenvalue weighted by atomic mass is 10.1. The smallest absolute Gasteiger partial charge is 0.269 e. The Morgan fingerprint density at radius 3 is 2.52 bits per heavy atom. The Labute approximate surface area is 150 Å². The first-order valence-electron chi connectivity index (χ1n) is 6.77. The molecule has 8 nitrogen and oxygen atoms in total. The molecule has 0 aliphatic heterocycles. The molecule has 0 aliphatic carbocycles. The van der Waals surface area contributed by atoms with Crippen molar-refractivity contribution < 1.29 is 18.0 Å². The van der Waals surface area contributed by atoms with Crippen LogP contribution in [0.5, 0.6) is 0 Å². The molecule has 0 bridgehead atoms. The Hall–Kier alpha value is -2.43. The van der Waals surface area contributed by atoms with Crippen molar-refractivity contribution in [3.8, 4) is 0 Å². The lowest BCUT2D eigenvalue weighted by molar-refractivity contribution is -0.114.